The summed E-state index contributed by atoms with van der Waals surface area (Å²) in [6.45, 7) is 6.72. The second-order valence-corrected chi connectivity index (χ2v) is 6.85. The fraction of sp³-hybridized carbons (Fsp3) is 0.250. The molecule has 0 fully saturated rings. The van der Waals surface area contributed by atoms with Crippen LogP contribution in [0.4, 0.5) is 5.69 Å². The molecule has 128 valence electrons. The predicted octanol–water partition coefficient (Wildman–Crippen LogP) is 4.42. The lowest BCUT2D eigenvalue weighted by Crippen LogP contribution is -2.32. The van der Waals surface area contributed by atoms with Crippen LogP contribution in [0.15, 0.2) is 48.1 Å². The molecular weight excluding hydrogens is 330 g/mol. The van der Waals surface area contributed by atoms with Crippen molar-refractivity contribution in [2.24, 2.45) is 0 Å². The summed E-state index contributed by atoms with van der Waals surface area (Å²) in [4.78, 5) is 23.4. The van der Waals surface area contributed by atoms with Crippen LogP contribution in [-0.4, -0.2) is 22.4 Å². The smallest absolute Gasteiger partial charge is 0.233 e. The lowest BCUT2D eigenvalue weighted by atomic mass is 10.1. The number of carbonyl (C=O) groups excluding carboxylic acids is 1. The average molecular weight is 351 g/mol. The number of carbonyl (C=O) groups is 1. The largest absolute Gasteiger partial charge is 0.312 e. The fourth-order valence-corrected chi connectivity index (χ4v) is 3.56. The Hall–Kier alpha value is -2.53. The maximum atomic E-state index is 12.8. The first kappa shape index (κ1) is 17.3. The third-order valence-corrected chi connectivity index (χ3v) is 5.01. The Morgan fingerprint density at radius 1 is 1.24 bits per heavy atom. The number of amides is 1. The first-order valence-corrected chi connectivity index (χ1v) is 9.19. The van der Waals surface area contributed by atoms with Crippen molar-refractivity contribution in [2.45, 2.75) is 27.2 Å². The quantitative estimate of drug-likeness (QED) is 0.684. The summed E-state index contributed by atoms with van der Waals surface area (Å²) in [6, 6.07) is 10.1. The highest BCUT2D eigenvalue weighted by Crippen LogP contribution is 2.25. The van der Waals surface area contributed by atoms with Gasteiger partial charge in [-0.3, -0.25) is 9.78 Å². The van der Waals surface area contributed by atoms with E-state index in [1.54, 1.807) is 23.7 Å². The first-order chi connectivity index (χ1) is 12.1. The van der Waals surface area contributed by atoms with Crippen LogP contribution < -0.4 is 4.90 Å². The van der Waals surface area contributed by atoms with Crippen molar-refractivity contribution in [1.82, 2.24) is 9.97 Å². The topological polar surface area (TPSA) is 46.1 Å². The standard InChI is InChI=1S/C20H21N3OS/c1-4-23(18-10-14(2)7-8-15(18)3)19(24)11-17-13-25-20(22-17)16-6-5-9-21-12-16/h5-10,12-13H,4,11H2,1-3H3. The Bertz CT molecular complexity index is 874. The van der Waals surface area contributed by atoms with E-state index < -0.39 is 0 Å². The number of rotatable bonds is 5. The molecule has 25 heavy (non-hydrogen) atoms. The van der Waals surface area contributed by atoms with Crippen LogP contribution in [0.25, 0.3) is 10.6 Å². The van der Waals surface area contributed by atoms with Crippen LogP contribution in [0.5, 0.6) is 0 Å². The normalized spacial score (nSPS) is 10.7. The van der Waals surface area contributed by atoms with Crippen LogP contribution in [0, 0.1) is 13.8 Å². The molecule has 0 N–H and O–H groups in total. The van der Waals surface area contributed by atoms with Crippen molar-refractivity contribution >= 4 is 22.9 Å². The second kappa shape index (κ2) is 7.57. The van der Waals surface area contributed by atoms with Gasteiger partial charge in [0.25, 0.3) is 0 Å². The Balaban J connectivity index is 1.79. The van der Waals surface area contributed by atoms with Crippen molar-refractivity contribution in [3.8, 4) is 10.6 Å². The zero-order valence-electron chi connectivity index (χ0n) is 14.7. The van der Waals surface area contributed by atoms with Crippen molar-refractivity contribution in [3.63, 3.8) is 0 Å². The van der Waals surface area contributed by atoms with Gasteiger partial charge in [0, 0.05) is 35.6 Å². The molecule has 0 saturated heterocycles. The van der Waals surface area contributed by atoms with Crippen LogP contribution in [0.1, 0.15) is 23.7 Å². The molecule has 0 bridgehead atoms. The molecule has 0 radical (unpaired) electrons. The van der Waals surface area contributed by atoms with Crippen LogP contribution in [0.2, 0.25) is 0 Å². The van der Waals surface area contributed by atoms with E-state index in [2.05, 4.69) is 28.2 Å². The third-order valence-electron chi connectivity index (χ3n) is 4.07. The number of thiazole rings is 1. The molecule has 0 spiro atoms. The molecule has 0 aliphatic rings. The van der Waals surface area contributed by atoms with Gasteiger partial charge in [0.15, 0.2) is 0 Å². The van der Waals surface area contributed by atoms with Crippen LogP contribution in [-0.2, 0) is 11.2 Å². The highest BCUT2D eigenvalue weighted by molar-refractivity contribution is 7.13. The van der Waals surface area contributed by atoms with Crippen molar-refractivity contribution in [1.29, 1.82) is 0 Å². The number of likely N-dealkylation sites (N-methyl/N-ethyl adjacent to an activating group) is 1. The minimum atomic E-state index is 0.0687. The van der Waals surface area contributed by atoms with E-state index in [4.69, 9.17) is 0 Å². The predicted molar refractivity (Wildman–Crippen MR) is 103 cm³/mol. The van der Waals surface area contributed by atoms with Gasteiger partial charge in [-0.25, -0.2) is 4.98 Å². The van der Waals surface area contributed by atoms with Gasteiger partial charge in [-0.2, -0.15) is 0 Å². The maximum Gasteiger partial charge on any atom is 0.233 e. The molecule has 1 amide bonds. The van der Waals surface area contributed by atoms with Gasteiger partial charge in [0.2, 0.25) is 5.91 Å². The lowest BCUT2D eigenvalue weighted by Gasteiger charge is -2.23. The maximum absolute atomic E-state index is 12.8. The van der Waals surface area contributed by atoms with E-state index in [9.17, 15) is 4.79 Å². The van der Waals surface area contributed by atoms with E-state index >= 15 is 0 Å². The number of benzene rings is 1. The molecule has 2 aromatic heterocycles. The van der Waals surface area contributed by atoms with E-state index in [-0.39, 0.29) is 5.91 Å². The van der Waals surface area contributed by atoms with Gasteiger partial charge in [0.1, 0.15) is 5.01 Å². The summed E-state index contributed by atoms with van der Waals surface area (Å²) in [5.74, 6) is 0.0687. The molecule has 5 heteroatoms. The molecule has 3 aromatic rings. The molecule has 3 rings (SSSR count). The summed E-state index contributed by atoms with van der Waals surface area (Å²) >= 11 is 1.54. The minimum absolute atomic E-state index is 0.0687. The zero-order chi connectivity index (χ0) is 17.8. The van der Waals surface area contributed by atoms with E-state index in [0.717, 1.165) is 33.1 Å². The van der Waals surface area contributed by atoms with Crippen LogP contribution >= 0.6 is 11.3 Å². The molecule has 1 aromatic carbocycles. The monoisotopic (exact) mass is 351 g/mol. The van der Waals surface area contributed by atoms with E-state index in [1.807, 2.05) is 43.2 Å². The highest BCUT2D eigenvalue weighted by atomic mass is 32.1. The Kier molecular flexibility index (Phi) is 5.24. The van der Waals surface area contributed by atoms with Gasteiger partial charge >= 0.3 is 0 Å². The summed E-state index contributed by atoms with van der Waals surface area (Å²) in [5, 5.41) is 2.85. The summed E-state index contributed by atoms with van der Waals surface area (Å²) in [6.07, 6.45) is 3.84. The number of aromatic nitrogens is 2. The Labute approximate surface area is 152 Å². The zero-order valence-corrected chi connectivity index (χ0v) is 15.5. The average Bonchev–Trinajstić information content (AvgIpc) is 3.08. The van der Waals surface area contributed by atoms with Crippen LogP contribution in [0.3, 0.4) is 0 Å². The molecule has 0 aliphatic heterocycles. The number of pyridine rings is 1. The Morgan fingerprint density at radius 3 is 2.80 bits per heavy atom. The molecule has 2 heterocycles. The Morgan fingerprint density at radius 2 is 2.08 bits per heavy atom. The number of hydrogen-bond acceptors (Lipinski definition) is 4. The van der Waals surface area contributed by atoms with E-state index in [0.29, 0.717) is 13.0 Å². The number of anilines is 1. The molecule has 0 atom stereocenters. The van der Waals surface area contributed by atoms with Gasteiger partial charge in [0.05, 0.1) is 12.1 Å². The highest BCUT2D eigenvalue weighted by Gasteiger charge is 2.18. The van der Waals surface area contributed by atoms with Gasteiger partial charge in [-0.1, -0.05) is 12.1 Å². The van der Waals surface area contributed by atoms with Crippen molar-refractivity contribution < 1.29 is 4.79 Å². The summed E-state index contributed by atoms with van der Waals surface area (Å²) in [7, 11) is 0. The van der Waals surface area contributed by atoms with Gasteiger partial charge in [-0.15, -0.1) is 11.3 Å². The molecule has 0 unspecified atom stereocenters. The lowest BCUT2D eigenvalue weighted by molar-refractivity contribution is -0.118. The summed E-state index contributed by atoms with van der Waals surface area (Å²) in [5.41, 5.74) is 5.02. The van der Waals surface area contributed by atoms with Gasteiger partial charge in [-0.05, 0) is 50.1 Å². The third kappa shape index (κ3) is 3.94. The molecular formula is C20H21N3OS. The SMILES string of the molecule is CCN(C(=O)Cc1csc(-c2cccnc2)n1)c1cc(C)ccc1C. The second-order valence-electron chi connectivity index (χ2n) is 5.99. The summed E-state index contributed by atoms with van der Waals surface area (Å²) < 4.78 is 0. The minimum Gasteiger partial charge on any atom is -0.312 e. The molecule has 4 nitrogen and oxygen atoms in total. The molecule has 0 aliphatic carbocycles. The molecule has 0 saturated carbocycles. The van der Waals surface area contributed by atoms with Crippen molar-refractivity contribution in [3.05, 3.63) is 64.9 Å². The fourth-order valence-electron chi connectivity index (χ4n) is 2.75. The number of hydrogen-bond donors (Lipinski definition) is 0. The van der Waals surface area contributed by atoms with E-state index in [1.165, 1.54) is 0 Å². The first-order valence-electron chi connectivity index (χ1n) is 8.31. The number of aryl methyl sites for hydroxylation is 2. The van der Waals surface area contributed by atoms with Gasteiger partial charge < -0.3 is 4.90 Å². The number of nitrogens with zero attached hydrogens (tertiary/aromatic N) is 3. The van der Waals surface area contributed by atoms with Crippen molar-refractivity contribution in [2.75, 3.05) is 11.4 Å².